The number of nitrogens with zero attached hydrogens (tertiary/aromatic N) is 1. The number of hydrogen-bond donors (Lipinski definition) is 0. The average Bonchev–Trinajstić information content (AvgIpc) is 2.43. The van der Waals surface area contributed by atoms with Gasteiger partial charge in [0, 0.05) is 0 Å². The fourth-order valence-electron chi connectivity index (χ4n) is 2.18. The minimum absolute atomic E-state index is 0.0764. The fraction of sp³-hybridized carbons (Fsp3) is 0.917. The molecule has 0 aromatic rings. The van der Waals surface area contributed by atoms with Gasteiger partial charge in [0.25, 0.3) is 0 Å². The summed E-state index contributed by atoms with van der Waals surface area (Å²) < 4.78 is 4.96. The maximum absolute atomic E-state index is 11.3. The molecule has 1 heterocycles. The molecule has 1 saturated heterocycles. The second kappa shape index (κ2) is 6.83. The third-order valence-corrected chi connectivity index (χ3v) is 3.18. The van der Waals surface area contributed by atoms with E-state index in [1.807, 2.05) is 6.92 Å². The molecule has 0 bridgehead atoms. The predicted molar refractivity (Wildman–Crippen MR) is 60.7 cm³/mol. The van der Waals surface area contributed by atoms with Crippen molar-refractivity contribution in [3.8, 4) is 0 Å². The van der Waals surface area contributed by atoms with Crippen molar-refractivity contribution in [2.45, 2.75) is 39.5 Å². The fourth-order valence-corrected chi connectivity index (χ4v) is 2.18. The van der Waals surface area contributed by atoms with E-state index in [-0.39, 0.29) is 5.97 Å². The first kappa shape index (κ1) is 12.5. The van der Waals surface area contributed by atoms with Crippen LogP contribution in [-0.2, 0) is 9.53 Å². The summed E-state index contributed by atoms with van der Waals surface area (Å²) >= 11 is 0. The molecule has 0 saturated carbocycles. The van der Waals surface area contributed by atoms with Gasteiger partial charge in [-0.25, -0.2) is 0 Å². The Morgan fingerprint density at radius 3 is 2.80 bits per heavy atom. The van der Waals surface area contributed by atoms with E-state index in [4.69, 9.17) is 4.74 Å². The van der Waals surface area contributed by atoms with E-state index >= 15 is 0 Å². The summed E-state index contributed by atoms with van der Waals surface area (Å²) in [4.78, 5) is 13.5. The zero-order valence-corrected chi connectivity index (χ0v) is 10.00. The molecule has 0 amide bonds. The van der Waals surface area contributed by atoms with Crippen LogP contribution in [0.5, 0.6) is 0 Å². The summed E-state index contributed by atoms with van der Waals surface area (Å²) in [5, 5.41) is 0. The smallest absolute Gasteiger partial charge is 0.320 e. The second-order valence-corrected chi connectivity index (χ2v) is 4.29. The Labute approximate surface area is 92.8 Å². The molecule has 1 aliphatic rings. The van der Waals surface area contributed by atoms with Crippen molar-refractivity contribution in [2.75, 3.05) is 26.2 Å². The maximum atomic E-state index is 11.3. The standard InChI is InChI=1S/C12H23NO2/c1-3-11-6-5-8-13(9-7-11)10-12(14)15-4-2/h11H,3-10H2,1-2H3. The molecule has 0 N–H and O–H groups in total. The van der Waals surface area contributed by atoms with E-state index in [9.17, 15) is 4.79 Å². The lowest BCUT2D eigenvalue weighted by Crippen LogP contribution is -2.31. The molecule has 3 nitrogen and oxygen atoms in total. The number of esters is 1. The zero-order valence-electron chi connectivity index (χ0n) is 10.00. The highest BCUT2D eigenvalue weighted by Crippen LogP contribution is 2.19. The molecule has 15 heavy (non-hydrogen) atoms. The van der Waals surface area contributed by atoms with Crippen LogP contribution in [0.15, 0.2) is 0 Å². The summed E-state index contributed by atoms with van der Waals surface area (Å²) in [6.07, 6.45) is 5.04. The summed E-state index contributed by atoms with van der Waals surface area (Å²) in [6.45, 7) is 7.18. The molecule has 1 fully saturated rings. The van der Waals surface area contributed by atoms with Crippen LogP contribution in [-0.4, -0.2) is 37.1 Å². The SMILES string of the molecule is CCOC(=O)CN1CCCC(CC)CC1. The second-order valence-electron chi connectivity index (χ2n) is 4.29. The quantitative estimate of drug-likeness (QED) is 0.669. The Kier molecular flexibility index (Phi) is 5.69. The molecule has 0 aliphatic carbocycles. The third kappa shape index (κ3) is 4.65. The highest BCUT2D eigenvalue weighted by atomic mass is 16.5. The van der Waals surface area contributed by atoms with Gasteiger partial charge in [-0.3, -0.25) is 9.69 Å². The first-order valence-electron chi connectivity index (χ1n) is 6.14. The zero-order chi connectivity index (χ0) is 11.1. The van der Waals surface area contributed by atoms with E-state index < -0.39 is 0 Å². The van der Waals surface area contributed by atoms with Crippen molar-refractivity contribution in [3.63, 3.8) is 0 Å². The molecule has 1 atom stereocenters. The van der Waals surface area contributed by atoms with E-state index in [0.717, 1.165) is 19.0 Å². The van der Waals surface area contributed by atoms with Gasteiger partial charge in [-0.1, -0.05) is 13.3 Å². The summed E-state index contributed by atoms with van der Waals surface area (Å²) in [5.41, 5.74) is 0. The minimum Gasteiger partial charge on any atom is -0.465 e. The van der Waals surface area contributed by atoms with Gasteiger partial charge in [0.2, 0.25) is 0 Å². The van der Waals surface area contributed by atoms with Crippen molar-refractivity contribution in [3.05, 3.63) is 0 Å². The van der Waals surface area contributed by atoms with Crippen LogP contribution in [0.25, 0.3) is 0 Å². The van der Waals surface area contributed by atoms with Crippen molar-refractivity contribution < 1.29 is 9.53 Å². The lowest BCUT2D eigenvalue weighted by atomic mass is 9.98. The van der Waals surface area contributed by atoms with Gasteiger partial charge in [-0.05, 0) is 45.2 Å². The van der Waals surface area contributed by atoms with Crippen molar-refractivity contribution in [1.82, 2.24) is 4.90 Å². The van der Waals surface area contributed by atoms with E-state index in [1.54, 1.807) is 0 Å². The van der Waals surface area contributed by atoms with Crippen LogP contribution >= 0.6 is 0 Å². The van der Waals surface area contributed by atoms with Crippen LogP contribution in [0, 0.1) is 5.92 Å². The Bertz CT molecular complexity index is 194. The van der Waals surface area contributed by atoms with Gasteiger partial charge >= 0.3 is 5.97 Å². The summed E-state index contributed by atoms with van der Waals surface area (Å²) in [6, 6.07) is 0. The van der Waals surface area contributed by atoms with Crippen molar-refractivity contribution >= 4 is 5.97 Å². The minimum atomic E-state index is -0.0764. The lowest BCUT2D eigenvalue weighted by molar-refractivity contribution is -0.144. The van der Waals surface area contributed by atoms with Crippen LogP contribution in [0.2, 0.25) is 0 Å². The number of ether oxygens (including phenoxy) is 1. The molecule has 0 radical (unpaired) electrons. The molecule has 0 aromatic carbocycles. The number of likely N-dealkylation sites (tertiary alicyclic amines) is 1. The molecule has 1 rings (SSSR count). The molecule has 3 heteroatoms. The number of carbonyl (C=O) groups is 1. The molecule has 1 unspecified atom stereocenters. The van der Waals surface area contributed by atoms with E-state index in [2.05, 4.69) is 11.8 Å². The average molecular weight is 213 g/mol. The van der Waals surface area contributed by atoms with Crippen molar-refractivity contribution in [2.24, 2.45) is 5.92 Å². The Hall–Kier alpha value is -0.570. The topological polar surface area (TPSA) is 29.5 Å². The summed E-state index contributed by atoms with van der Waals surface area (Å²) in [7, 11) is 0. The predicted octanol–water partition coefficient (Wildman–Crippen LogP) is 2.06. The van der Waals surface area contributed by atoms with Gasteiger partial charge in [0.15, 0.2) is 0 Å². The molecular weight excluding hydrogens is 190 g/mol. The number of hydrogen-bond acceptors (Lipinski definition) is 3. The van der Waals surface area contributed by atoms with Crippen LogP contribution in [0.4, 0.5) is 0 Å². The number of rotatable bonds is 4. The largest absolute Gasteiger partial charge is 0.465 e. The van der Waals surface area contributed by atoms with Crippen LogP contribution < -0.4 is 0 Å². The Morgan fingerprint density at radius 2 is 2.13 bits per heavy atom. The van der Waals surface area contributed by atoms with E-state index in [1.165, 1.54) is 25.7 Å². The highest BCUT2D eigenvalue weighted by molar-refractivity contribution is 5.71. The van der Waals surface area contributed by atoms with Crippen LogP contribution in [0.1, 0.15) is 39.5 Å². The lowest BCUT2D eigenvalue weighted by Gasteiger charge is -2.18. The van der Waals surface area contributed by atoms with Gasteiger partial charge in [-0.2, -0.15) is 0 Å². The monoisotopic (exact) mass is 213 g/mol. The first-order chi connectivity index (χ1) is 7.26. The van der Waals surface area contributed by atoms with Gasteiger partial charge in [-0.15, -0.1) is 0 Å². The van der Waals surface area contributed by atoms with Gasteiger partial charge in [0.1, 0.15) is 0 Å². The maximum Gasteiger partial charge on any atom is 0.320 e. The first-order valence-corrected chi connectivity index (χ1v) is 6.14. The van der Waals surface area contributed by atoms with Gasteiger partial charge < -0.3 is 4.74 Å². The van der Waals surface area contributed by atoms with Gasteiger partial charge in [0.05, 0.1) is 13.2 Å². The Balaban J connectivity index is 2.27. The van der Waals surface area contributed by atoms with E-state index in [0.29, 0.717) is 13.2 Å². The molecule has 1 aliphatic heterocycles. The molecular formula is C12H23NO2. The summed E-state index contributed by atoms with van der Waals surface area (Å²) in [5.74, 6) is 0.782. The van der Waals surface area contributed by atoms with Crippen LogP contribution in [0.3, 0.4) is 0 Å². The molecule has 0 aromatic heterocycles. The third-order valence-electron chi connectivity index (χ3n) is 3.18. The van der Waals surface area contributed by atoms with Crippen molar-refractivity contribution in [1.29, 1.82) is 0 Å². The Morgan fingerprint density at radius 1 is 1.33 bits per heavy atom. The molecule has 88 valence electrons. The highest BCUT2D eigenvalue weighted by Gasteiger charge is 2.17. The number of carbonyl (C=O) groups excluding carboxylic acids is 1. The molecule has 0 spiro atoms. The normalized spacial score (nSPS) is 23.5.